The summed E-state index contributed by atoms with van der Waals surface area (Å²) in [5.74, 6) is 0.0488. The van der Waals surface area contributed by atoms with Crippen LogP contribution >= 0.6 is 0 Å². The summed E-state index contributed by atoms with van der Waals surface area (Å²) >= 11 is 0. The van der Waals surface area contributed by atoms with Crippen LogP contribution in [0.15, 0.2) is 53.5 Å². The quantitative estimate of drug-likeness (QED) is 0.786. The second-order valence-corrected chi connectivity index (χ2v) is 7.40. The first kappa shape index (κ1) is 18.5. The second kappa shape index (κ2) is 5.83. The van der Waals surface area contributed by atoms with Gasteiger partial charge < -0.3 is 9.64 Å². The zero-order chi connectivity index (χ0) is 20.3. The molecular formula is C21H19F3N2O2. The first-order chi connectivity index (χ1) is 13.1. The number of halogens is 3. The van der Waals surface area contributed by atoms with E-state index in [9.17, 15) is 18.0 Å². The molecule has 0 saturated heterocycles. The Labute approximate surface area is 160 Å². The molecule has 0 radical (unpaired) electrons. The maximum absolute atomic E-state index is 13.5. The van der Waals surface area contributed by atoms with Gasteiger partial charge in [-0.15, -0.1) is 0 Å². The highest BCUT2D eigenvalue weighted by Crippen LogP contribution is 2.63. The third-order valence-corrected chi connectivity index (χ3v) is 5.72. The van der Waals surface area contributed by atoms with Gasteiger partial charge in [0.05, 0.1) is 24.7 Å². The molecule has 2 aliphatic rings. The highest BCUT2D eigenvalue weighted by molar-refractivity contribution is 6.23. The number of amides is 1. The lowest BCUT2D eigenvalue weighted by molar-refractivity contribution is -0.169. The van der Waals surface area contributed by atoms with Gasteiger partial charge >= 0.3 is 6.18 Å². The summed E-state index contributed by atoms with van der Waals surface area (Å²) in [7, 11) is 3.05. The number of rotatable bonds is 3. The van der Waals surface area contributed by atoms with Gasteiger partial charge in [0.25, 0.3) is 0 Å². The van der Waals surface area contributed by atoms with Crippen LogP contribution in [0, 0.1) is 5.41 Å². The number of carbonyl (C=O) groups is 1. The Bertz CT molecular complexity index is 984. The molecule has 0 bridgehead atoms. The number of para-hydroxylation sites is 1. The molecule has 0 aromatic heterocycles. The van der Waals surface area contributed by atoms with Crippen molar-refractivity contribution in [1.82, 2.24) is 0 Å². The lowest BCUT2D eigenvalue weighted by Crippen LogP contribution is -2.56. The first-order valence-corrected chi connectivity index (χ1v) is 8.83. The Kier molecular flexibility index (Phi) is 3.86. The van der Waals surface area contributed by atoms with Gasteiger partial charge in [-0.05, 0) is 42.8 Å². The zero-order valence-electron chi connectivity index (χ0n) is 15.7. The van der Waals surface area contributed by atoms with Crippen LogP contribution in [0.25, 0.3) is 0 Å². The molecule has 4 nitrogen and oxygen atoms in total. The van der Waals surface area contributed by atoms with Crippen LogP contribution in [0.3, 0.4) is 0 Å². The number of fused-ring (bicyclic) bond motifs is 2. The van der Waals surface area contributed by atoms with Gasteiger partial charge in [-0.1, -0.05) is 18.2 Å². The van der Waals surface area contributed by atoms with E-state index >= 15 is 0 Å². The Morgan fingerprint density at radius 1 is 1.11 bits per heavy atom. The van der Waals surface area contributed by atoms with E-state index in [-0.39, 0.29) is 0 Å². The molecule has 28 heavy (non-hydrogen) atoms. The summed E-state index contributed by atoms with van der Waals surface area (Å²) < 4.78 is 45.7. The number of aliphatic imine (C=N–C) groups is 1. The van der Waals surface area contributed by atoms with Gasteiger partial charge in [0.1, 0.15) is 11.3 Å². The van der Waals surface area contributed by atoms with Crippen molar-refractivity contribution in [3.8, 4) is 5.75 Å². The monoisotopic (exact) mass is 388 g/mol. The Morgan fingerprint density at radius 2 is 1.75 bits per heavy atom. The fraction of sp³-hybridized carbons (Fsp3) is 0.333. The molecule has 0 aliphatic carbocycles. The van der Waals surface area contributed by atoms with E-state index in [1.165, 1.54) is 26.0 Å². The first-order valence-electron chi connectivity index (χ1n) is 8.83. The van der Waals surface area contributed by atoms with Crippen LogP contribution in [-0.4, -0.2) is 32.0 Å². The van der Waals surface area contributed by atoms with Crippen LogP contribution in [0.4, 0.5) is 18.9 Å². The summed E-state index contributed by atoms with van der Waals surface area (Å²) in [6.07, 6.45) is -5.76. The predicted octanol–water partition coefficient (Wildman–Crippen LogP) is 4.33. The molecule has 0 N–H and O–H groups in total. The maximum Gasteiger partial charge on any atom is 0.390 e. The van der Waals surface area contributed by atoms with Crippen molar-refractivity contribution in [3.05, 3.63) is 59.7 Å². The Balaban J connectivity index is 1.88. The second-order valence-electron chi connectivity index (χ2n) is 7.40. The van der Waals surface area contributed by atoms with Crippen molar-refractivity contribution in [2.75, 3.05) is 19.1 Å². The van der Waals surface area contributed by atoms with E-state index in [0.29, 0.717) is 28.3 Å². The largest absolute Gasteiger partial charge is 0.497 e. The number of nitrogens with zero attached hydrogens (tertiary/aromatic N) is 2. The summed E-state index contributed by atoms with van der Waals surface area (Å²) in [6, 6.07) is 14.0. The smallest absolute Gasteiger partial charge is 0.390 e. The van der Waals surface area contributed by atoms with E-state index in [2.05, 4.69) is 4.99 Å². The zero-order valence-corrected chi connectivity index (χ0v) is 15.7. The molecule has 2 aliphatic heterocycles. The fourth-order valence-electron chi connectivity index (χ4n) is 4.34. The predicted molar refractivity (Wildman–Crippen MR) is 99.8 cm³/mol. The number of benzene rings is 2. The van der Waals surface area contributed by atoms with Crippen molar-refractivity contribution in [2.24, 2.45) is 10.4 Å². The van der Waals surface area contributed by atoms with E-state index in [4.69, 9.17) is 4.74 Å². The van der Waals surface area contributed by atoms with Crippen LogP contribution < -0.4 is 9.64 Å². The van der Waals surface area contributed by atoms with Crippen LogP contribution in [0.1, 0.15) is 24.5 Å². The molecular weight excluding hydrogens is 369 g/mol. The summed E-state index contributed by atoms with van der Waals surface area (Å²) in [5.41, 5.74) is -0.702. The SMILES string of the molecule is COc1ccc(C2=NC23c2ccccc2N(C)C(=O)C3(C)CC(F)(F)F)cc1. The van der Waals surface area contributed by atoms with Gasteiger partial charge in [-0.3, -0.25) is 9.79 Å². The third-order valence-electron chi connectivity index (χ3n) is 5.72. The summed E-state index contributed by atoms with van der Waals surface area (Å²) in [4.78, 5) is 19.0. The number of hydrogen-bond donors (Lipinski definition) is 0. The topological polar surface area (TPSA) is 41.9 Å². The number of anilines is 1. The maximum atomic E-state index is 13.5. The van der Waals surface area contributed by atoms with Crippen molar-refractivity contribution in [2.45, 2.75) is 25.1 Å². The van der Waals surface area contributed by atoms with Crippen molar-refractivity contribution < 1.29 is 22.7 Å². The molecule has 2 aromatic carbocycles. The van der Waals surface area contributed by atoms with Crippen LogP contribution in [-0.2, 0) is 10.3 Å². The minimum absolute atomic E-state index is 0.496. The standard InChI is InChI=1S/C21H19F3N2O2/c1-19(12-20(22,23)24)18(27)26(2)16-7-5-4-6-15(16)21(19)17(25-21)13-8-10-14(28-3)11-9-13/h4-11H,12H2,1-3H3. The molecule has 2 unspecified atom stereocenters. The van der Waals surface area contributed by atoms with Crippen LogP contribution in [0.2, 0.25) is 0 Å². The highest BCUT2D eigenvalue weighted by atomic mass is 19.4. The Hall–Kier alpha value is -2.83. The number of ether oxygens (including phenoxy) is 1. The number of alkyl halides is 3. The van der Waals surface area contributed by atoms with E-state index < -0.39 is 29.5 Å². The van der Waals surface area contributed by atoms with Crippen molar-refractivity contribution in [1.29, 1.82) is 0 Å². The molecule has 0 saturated carbocycles. The normalized spacial score (nSPS) is 26.1. The number of carbonyl (C=O) groups excluding carboxylic acids is 1. The van der Waals surface area contributed by atoms with Gasteiger partial charge in [0.2, 0.25) is 5.91 Å². The lowest BCUT2D eigenvalue weighted by atomic mass is 9.63. The Morgan fingerprint density at radius 3 is 2.36 bits per heavy atom. The highest BCUT2D eigenvalue weighted by Gasteiger charge is 2.70. The van der Waals surface area contributed by atoms with Gasteiger partial charge in [0.15, 0.2) is 0 Å². The van der Waals surface area contributed by atoms with Crippen molar-refractivity contribution >= 4 is 17.3 Å². The minimum Gasteiger partial charge on any atom is -0.497 e. The molecule has 2 atom stereocenters. The number of hydrogen-bond acceptors (Lipinski definition) is 3. The van der Waals surface area contributed by atoms with Gasteiger partial charge in [0, 0.05) is 18.3 Å². The lowest BCUT2D eigenvalue weighted by Gasteiger charge is -2.45. The molecule has 4 rings (SSSR count). The van der Waals surface area contributed by atoms with Gasteiger partial charge in [-0.2, -0.15) is 13.2 Å². The average molecular weight is 388 g/mol. The van der Waals surface area contributed by atoms with Crippen molar-refractivity contribution in [3.63, 3.8) is 0 Å². The van der Waals surface area contributed by atoms with E-state index in [1.807, 2.05) is 0 Å². The molecule has 1 amide bonds. The molecule has 1 spiro atoms. The fourth-order valence-corrected chi connectivity index (χ4v) is 4.34. The molecule has 7 heteroatoms. The summed E-state index contributed by atoms with van der Waals surface area (Å²) in [5, 5.41) is 0. The average Bonchev–Trinajstić information content (AvgIpc) is 3.42. The molecule has 146 valence electrons. The third kappa shape index (κ3) is 2.45. The molecule has 2 aromatic rings. The van der Waals surface area contributed by atoms with Crippen LogP contribution in [0.5, 0.6) is 5.75 Å². The summed E-state index contributed by atoms with van der Waals surface area (Å²) in [6.45, 7) is 1.37. The number of methoxy groups -OCH3 is 1. The van der Waals surface area contributed by atoms with E-state index in [1.54, 1.807) is 48.5 Å². The molecule has 0 fully saturated rings. The minimum atomic E-state index is -4.51. The van der Waals surface area contributed by atoms with E-state index in [0.717, 1.165) is 0 Å². The van der Waals surface area contributed by atoms with Gasteiger partial charge in [-0.25, -0.2) is 0 Å². The molecule has 2 heterocycles.